The smallest absolute Gasteiger partial charge is 0.127 e. The third-order valence-corrected chi connectivity index (χ3v) is 2.65. The van der Waals surface area contributed by atoms with E-state index in [9.17, 15) is 0 Å². The van der Waals surface area contributed by atoms with Gasteiger partial charge in [0.25, 0.3) is 0 Å². The van der Waals surface area contributed by atoms with E-state index in [1.54, 1.807) is 12.3 Å². The Labute approximate surface area is 100 Å². The van der Waals surface area contributed by atoms with E-state index in [1.807, 2.05) is 19.2 Å². The van der Waals surface area contributed by atoms with Gasteiger partial charge in [-0.25, -0.2) is 4.98 Å². The molecule has 4 N–H and O–H groups in total. The van der Waals surface area contributed by atoms with Crippen molar-refractivity contribution in [2.75, 3.05) is 17.6 Å². The molecule has 2 aromatic heterocycles. The van der Waals surface area contributed by atoms with Gasteiger partial charge in [0.05, 0.1) is 6.20 Å². The highest BCUT2D eigenvalue weighted by molar-refractivity contribution is 5.48. The maximum Gasteiger partial charge on any atom is 0.127 e. The van der Waals surface area contributed by atoms with Crippen LogP contribution in [0.3, 0.4) is 0 Å². The number of aromatic nitrogens is 3. The predicted octanol–water partition coefficient (Wildman–Crippen LogP) is 1.74. The largest absolute Gasteiger partial charge is 0.399 e. The minimum Gasteiger partial charge on any atom is -0.399 e. The molecular weight excluding hydrogens is 214 g/mol. The molecule has 0 unspecified atom stereocenters. The molecule has 2 aromatic rings. The van der Waals surface area contributed by atoms with E-state index >= 15 is 0 Å². The van der Waals surface area contributed by atoms with Crippen LogP contribution in [0.5, 0.6) is 0 Å². The molecule has 0 saturated carbocycles. The molecule has 0 spiro atoms. The molecule has 90 valence electrons. The standard InChI is InChI=1S/C12H17N5/c1-9-10(8-16-17-9)3-2-5-14-12-7-11(13)4-6-15-12/h4,6-8H,2-3,5H2,1H3,(H,16,17)(H3,13,14,15). The third-order valence-electron chi connectivity index (χ3n) is 2.65. The molecule has 2 rings (SSSR count). The second-order valence-corrected chi connectivity index (χ2v) is 4.02. The van der Waals surface area contributed by atoms with Gasteiger partial charge in [0.2, 0.25) is 0 Å². The lowest BCUT2D eigenvalue weighted by Gasteiger charge is -2.05. The number of nitrogens with two attached hydrogens (primary N) is 1. The van der Waals surface area contributed by atoms with Crippen LogP contribution in [0, 0.1) is 6.92 Å². The van der Waals surface area contributed by atoms with E-state index in [-0.39, 0.29) is 0 Å². The van der Waals surface area contributed by atoms with Crippen molar-refractivity contribution in [1.82, 2.24) is 15.2 Å². The number of hydrogen-bond acceptors (Lipinski definition) is 4. The molecule has 0 aliphatic carbocycles. The number of aromatic amines is 1. The zero-order valence-electron chi connectivity index (χ0n) is 9.90. The Morgan fingerprint density at radius 1 is 1.47 bits per heavy atom. The van der Waals surface area contributed by atoms with Gasteiger partial charge in [-0.3, -0.25) is 5.10 Å². The summed E-state index contributed by atoms with van der Waals surface area (Å²) >= 11 is 0. The fourth-order valence-corrected chi connectivity index (χ4v) is 1.67. The lowest BCUT2D eigenvalue weighted by atomic mass is 10.1. The van der Waals surface area contributed by atoms with Crippen molar-refractivity contribution in [3.8, 4) is 0 Å². The lowest BCUT2D eigenvalue weighted by molar-refractivity contribution is 0.853. The first-order valence-corrected chi connectivity index (χ1v) is 5.70. The Bertz CT molecular complexity index is 477. The molecule has 0 aliphatic heterocycles. The van der Waals surface area contributed by atoms with Gasteiger partial charge in [0.15, 0.2) is 0 Å². The van der Waals surface area contributed by atoms with E-state index in [0.717, 1.165) is 36.6 Å². The number of rotatable bonds is 5. The zero-order valence-corrected chi connectivity index (χ0v) is 9.90. The summed E-state index contributed by atoms with van der Waals surface area (Å²) in [7, 11) is 0. The summed E-state index contributed by atoms with van der Waals surface area (Å²) in [5.74, 6) is 0.828. The van der Waals surface area contributed by atoms with Crippen molar-refractivity contribution in [2.45, 2.75) is 19.8 Å². The fourth-order valence-electron chi connectivity index (χ4n) is 1.67. The van der Waals surface area contributed by atoms with Crippen molar-refractivity contribution in [3.63, 3.8) is 0 Å². The summed E-state index contributed by atoms with van der Waals surface area (Å²) in [4.78, 5) is 4.18. The summed E-state index contributed by atoms with van der Waals surface area (Å²) in [6.07, 6.45) is 5.64. The van der Waals surface area contributed by atoms with Crippen LogP contribution in [-0.4, -0.2) is 21.7 Å². The Balaban J connectivity index is 1.75. The average Bonchev–Trinajstić information content (AvgIpc) is 2.71. The highest BCUT2D eigenvalue weighted by Gasteiger charge is 2.00. The van der Waals surface area contributed by atoms with Crippen LogP contribution in [-0.2, 0) is 6.42 Å². The molecule has 0 bridgehead atoms. The van der Waals surface area contributed by atoms with Gasteiger partial charge in [-0.2, -0.15) is 5.10 Å². The SMILES string of the molecule is Cc1[nH]ncc1CCCNc1cc(N)ccn1. The van der Waals surface area contributed by atoms with Gasteiger partial charge in [-0.1, -0.05) is 0 Å². The van der Waals surface area contributed by atoms with Crippen molar-refractivity contribution in [2.24, 2.45) is 0 Å². The first-order chi connectivity index (χ1) is 8.25. The van der Waals surface area contributed by atoms with Gasteiger partial charge in [0, 0.05) is 30.2 Å². The Hall–Kier alpha value is -2.04. The predicted molar refractivity (Wildman–Crippen MR) is 68.8 cm³/mol. The normalized spacial score (nSPS) is 10.4. The summed E-state index contributed by atoms with van der Waals surface area (Å²) in [6.45, 7) is 2.91. The van der Waals surface area contributed by atoms with Crippen LogP contribution >= 0.6 is 0 Å². The highest BCUT2D eigenvalue weighted by Crippen LogP contribution is 2.09. The van der Waals surface area contributed by atoms with E-state index in [0.29, 0.717) is 0 Å². The molecular formula is C12H17N5. The molecule has 0 aliphatic rings. The van der Waals surface area contributed by atoms with E-state index in [1.165, 1.54) is 5.56 Å². The molecule has 0 aromatic carbocycles. The molecule has 0 amide bonds. The number of hydrogen-bond donors (Lipinski definition) is 3. The summed E-state index contributed by atoms with van der Waals surface area (Å²) in [5.41, 5.74) is 8.81. The molecule has 5 nitrogen and oxygen atoms in total. The summed E-state index contributed by atoms with van der Waals surface area (Å²) in [5, 5.41) is 10.2. The average molecular weight is 231 g/mol. The van der Waals surface area contributed by atoms with Crippen LogP contribution in [0.1, 0.15) is 17.7 Å². The lowest BCUT2D eigenvalue weighted by Crippen LogP contribution is -2.05. The Kier molecular flexibility index (Phi) is 3.59. The van der Waals surface area contributed by atoms with E-state index in [2.05, 4.69) is 20.5 Å². The van der Waals surface area contributed by atoms with Crippen LogP contribution in [0.4, 0.5) is 11.5 Å². The monoisotopic (exact) mass is 231 g/mol. The zero-order chi connectivity index (χ0) is 12.1. The number of anilines is 2. The second-order valence-electron chi connectivity index (χ2n) is 4.02. The molecule has 0 radical (unpaired) electrons. The number of pyridine rings is 1. The third kappa shape index (κ3) is 3.21. The van der Waals surface area contributed by atoms with Gasteiger partial charge < -0.3 is 11.1 Å². The first kappa shape index (κ1) is 11.4. The van der Waals surface area contributed by atoms with Gasteiger partial charge in [-0.15, -0.1) is 0 Å². The Morgan fingerprint density at radius 2 is 2.35 bits per heavy atom. The van der Waals surface area contributed by atoms with Crippen molar-refractivity contribution in [1.29, 1.82) is 0 Å². The van der Waals surface area contributed by atoms with Gasteiger partial charge >= 0.3 is 0 Å². The second kappa shape index (κ2) is 5.34. The fraction of sp³-hybridized carbons (Fsp3) is 0.333. The number of nitrogens with one attached hydrogen (secondary N) is 2. The van der Waals surface area contributed by atoms with Gasteiger partial charge in [0.1, 0.15) is 5.82 Å². The molecule has 0 atom stereocenters. The molecule has 17 heavy (non-hydrogen) atoms. The van der Waals surface area contributed by atoms with Crippen molar-refractivity contribution < 1.29 is 0 Å². The number of nitrogens with zero attached hydrogens (tertiary/aromatic N) is 2. The minimum absolute atomic E-state index is 0.730. The number of nitrogen functional groups attached to an aromatic ring is 1. The number of H-pyrrole nitrogens is 1. The quantitative estimate of drug-likeness (QED) is 0.685. The molecule has 2 heterocycles. The number of aryl methyl sites for hydroxylation is 2. The maximum absolute atomic E-state index is 5.67. The minimum atomic E-state index is 0.730. The van der Waals surface area contributed by atoms with Crippen molar-refractivity contribution in [3.05, 3.63) is 35.8 Å². The topological polar surface area (TPSA) is 79.6 Å². The van der Waals surface area contributed by atoms with Crippen LogP contribution in [0.25, 0.3) is 0 Å². The van der Waals surface area contributed by atoms with Crippen molar-refractivity contribution >= 4 is 11.5 Å². The van der Waals surface area contributed by atoms with Gasteiger partial charge in [-0.05, 0) is 31.4 Å². The highest BCUT2D eigenvalue weighted by atomic mass is 15.1. The van der Waals surface area contributed by atoms with E-state index < -0.39 is 0 Å². The maximum atomic E-state index is 5.67. The van der Waals surface area contributed by atoms with E-state index in [4.69, 9.17) is 5.73 Å². The molecule has 5 heteroatoms. The Morgan fingerprint density at radius 3 is 3.06 bits per heavy atom. The first-order valence-electron chi connectivity index (χ1n) is 5.70. The van der Waals surface area contributed by atoms with Crippen LogP contribution < -0.4 is 11.1 Å². The molecule has 0 saturated heterocycles. The molecule has 0 fully saturated rings. The summed E-state index contributed by atoms with van der Waals surface area (Å²) in [6, 6.07) is 3.61. The summed E-state index contributed by atoms with van der Waals surface area (Å²) < 4.78 is 0. The van der Waals surface area contributed by atoms with Crippen LogP contribution in [0.2, 0.25) is 0 Å². The van der Waals surface area contributed by atoms with Crippen LogP contribution in [0.15, 0.2) is 24.5 Å².